The molecule has 3 aromatic rings. The molecule has 1 aliphatic heterocycles. The lowest BCUT2D eigenvalue weighted by molar-refractivity contribution is -0.929. The molecular formula is C33H37N2O4+. The van der Waals surface area contributed by atoms with Gasteiger partial charge in [0.15, 0.2) is 0 Å². The Morgan fingerprint density at radius 1 is 0.923 bits per heavy atom. The molecule has 1 heterocycles. The van der Waals surface area contributed by atoms with Crippen LogP contribution >= 0.6 is 0 Å². The number of benzene rings is 3. The van der Waals surface area contributed by atoms with Crippen LogP contribution < -0.4 is 5.32 Å². The summed E-state index contributed by atoms with van der Waals surface area (Å²) in [6, 6.07) is 22.0. The molecular weight excluding hydrogens is 488 g/mol. The summed E-state index contributed by atoms with van der Waals surface area (Å²) in [7, 11) is 4.58. The third kappa shape index (κ3) is 6.47. The van der Waals surface area contributed by atoms with E-state index in [2.05, 4.69) is 49.7 Å². The normalized spacial score (nSPS) is 16.1. The van der Waals surface area contributed by atoms with Gasteiger partial charge in [-0.25, -0.2) is 4.79 Å². The summed E-state index contributed by atoms with van der Waals surface area (Å²) in [5.74, 6) is -1.00. The topological polar surface area (TPSA) is 75.6 Å². The van der Waals surface area contributed by atoms with Crippen LogP contribution in [0.3, 0.4) is 0 Å². The van der Waals surface area contributed by atoms with Crippen LogP contribution in [0.25, 0.3) is 17.2 Å². The van der Waals surface area contributed by atoms with Gasteiger partial charge in [0.25, 0.3) is 5.91 Å². The van der Waals surface area contributed by atoms with Gasteiger partial charge in [0.05, 0.1) is 38.9 Å². The van der Waals surface area contributed by atoms with E-state index in [1.165, 1.54) is 11.1 Å². The van der Waals surface area contributed by atoms with E-state index in [1.807, 2.05) is 30.3 Å². The first kappa shape index (κ1) is 26.9. The molecule has 0 bridgehead atoms. The zero-order chi connectivity index (χ0) is 27.4. The van der Waals surface area contributed by atoms with E-state index < -0.39 is 5.97 Å². The SMILES string of the molecule is C[N+](C)(Cc1ccc(NC(=O)C2=Cc3cc(-c4ccc(C(=O)O)cc4)ccc3CCC2)cc1)C1CCOCC1. The number of anilines is 1. The molecule has 3 aromatic carbocycles. The van der Waals surface area contributed by atoms with E-state index in [0.717, 1.165) is 84.3 Å². The largest absolute Gasteiger partial charge is 0.478 e. The van der Waals surface area contributed by atoms with Crippen LogP contribution in [0.2, 0.25) is 0 Å². The molecule has 0 unspecified atom stereocenters. The van der Waals surface area contributed by atoms with Gasteiger partial charge in [-0.2, -0.15) is 0 Å². The first-order valence-electron chi connectivity index (χ1n) is 13.8. The molecule has 39 heavy (non-hydrogen) atoms. The number of quaternary nitrogens is 1. The third-order valence-electron chi connectivity index (χ3n) is 8.11. The summed E-state index contributed by atoms with van der Waals surface area (Å²) < 4.78 is 6.48. The van der Waals surface area contributed by atoms with Gasteiger partial charge in [-0.3, -0.25) is 4.79 Å². The van der Waals surface area contributed by atoms with Crippen LogP contribution in [-0.4, -0.2) is 54.8 Å². The number of carbonyl (C=O) groups is 2. The van der Waals surface area contributed by atoms with E-state index in [-0.39, 0.29) is 11.5 Å². The highest BCUT2D eigenvalue weighted by Gasteiger charge is 2.30. The molecule has 1 aliphatic carbocycles. The first-order valence-corrected chi connectivity index (χ1v) is 13.8. The second-order valence-corrected chi connectivity index (χ2v) is 11.3. The molecule has 2 aliphatic rings. The Morgan fingerprint density at radius 3 is 2.31 bits per heavy atom. The number of amides is 1. The lowest BCUT2D eigenvalue weighted by Crippen LogP contribution is -2.50. The number of carboxylic acid groups (broad SMARTS) is 1. The molecule has 6 nitrogen and oxygen atoms in total. The Labute approximate surface area is 230 Å². The molecule has 202 valence electrons. The standard InChI is InChI=1S/C33H36N2O4/c1-35(2,31-16-18-39-19-17-31)22-23-6-14-30(15-7-23)34-32(36)28-5-3-4-24-10-13-27(20-29(24)21-28)25-8-11-26(12-9-25)33(37)38/h6-15,20-21,31H,3-5,16-19,22H2,1-2H3,(H-,34,36,37,38)/p+1. The van der Waals surface area contributed by atoms with Crippen molar-refractivity contribution in [2.45, 2.75) is 44.7 Å². The monoisotopic (exact) mass is 525 g/mol. The summed E-state index contributed by atoms with van der Waals surface area (Å²) in [5.41, 5.74) is 7.32. The number of nitrogens with one attached hydrogen (secondary N) is 1. The van der Waals surface area contributed by atoms with Gasteiger partial charge in [0.2, 0.25) is 0 Å². The maximum absolute atomic E-state index is 13.3. The molecule has 1 saturated heterocycles. The number of fused-ring (bicyclic) bond motifs is 1. The lowest BCUT2D eigenvalue weighted by atomic mass is 9.97. The summed E-state index contributed by atoms with van der Waals surface area (Å²) in [6.07, 6.45) is 6.75. The van der Waals surface area contributed by atoms with Crippen LogP contribution in [0.5, 0.6) is 0 Å². The van der Waals surface area contributed by atoms with Crippen LogP contribution in [-0.2, 0) is 22.5 Å². The second-order valence-electron chi connectivity index (χ2n) is 11.3. The minimum Gasteiger partial charge on any atom is -0.478 e. The van der Waals surface area contributed by atoms with Crippen molar-refractivity contribution >= 4 is 23.6 Å². The van der Waals surface area contributed by atoms with Gasteiger partial charge in [0, 0.05) is 29.7 Å². The van der Waals surface area contributed by atoms with Gasteiger partial charge in [-0.1, -0.05) is 36.4 Å². The number of ether oxygens (including phenoxy) is 1. The minimum absolute atomic E-state index is 0.0647. The van der Waals surface area contributed by atoms with Crippen molar-refractivity contribution in [2.75, 3.05) is 32.6 Å². The zero-order valence-electron chi connectivity index (χ0n) is 22.8. The predicted molar refractivity (Wildman–Crippen MR) is 154 cm³/mol. The predicted octanol–water partition coefficient (Wildman–Crippen LogP) is 6.17. The molecule has 2 N–H and O–H groups in total. The highest BCUT2D eigenvalue weighted by atomic mass is 16.5. The van der Waals surface area contributed by atoms with Gasteiger partial charge in [-0.05, 0) is 77.9 Å². The number of carbonyl (C=O) groups excluding carboxylic acids is 1. The van der Waals surface area contributed by atoms with E-state index >= 15 is 0 Å². The quantitative estimate of drug-likeness (QED) is 0.362. The van der Waals surface area contributed by atoms with E-state index in [1.54, 1.807) is 12.1 Å². The van der Waals surface area contributed by atoms with Crippen LogP contribution in [0.15, 0.2) is 72.3 Å². The highest BCUT2D eigenvalue weighted by molar-refractivity contribution is 6.07. The highest BCUT2D eigenvalue weighted by Crippen LogP contribution is 2.29. The van der Waals surface area contributed by atoms with Crippen LogP contribution in [0.1, 0.15) is 52.7 Å². The second kappa shape index (κ2) is 11.6. The fourth-order valence-corrected chi connectivity index (χ4v) is 5.74. The van der Waals surface area contributed by atoms with Crippen molar-refractivity contribution in [2.24, 2.45) is 0 Å². The maximum atomic E-state index is 13.3. The Bertz CT molecular complexity index is 1370. The van der Waals surface area contributed by atoms with Crippen molar-refractivity contribution in [3.05, 3.63) is 94.6 Å². The molecule has 0 aromatic heterocycles. The molecule has 1 amide bonds. The molecule has 0 radical (unpaired) electrons. The molecule has 0 spiro atoms. The van der Waals surface area contributed by atoms with Gasteiger partial charge < -0.3 is 19.6 Å². The maximum Gasteiger partial charge on any atom is 0.335 e. The third-order valence-corrected chi connectivity index (χ3v) is 8.11. The van der Waals surface area contributed by atoms with E-state index in [9.17, 15) is 14.7 Å². The number of nitrogens with zero attached hydrogens (tertiary/aromatic N) is 1. The van der Waals surface area contributed by atoms with Crippen LogP contribution in [0, 0.1) is 0 Å². The van der Waals surface area contributed by atoms with Gasteiger partial charge in [0.1, 0.15) is 6.54 Å². The van der Waals surface area contributed by atoms with E-state index in [4.69, 9.17) is 4.74 Å². The summed E-state index contributed by atoms with van der Waals surface area (Å²) in [6.45, 7) is 2.64. The van der Waals surface area contributed by atoms with Crippen LogP contribution in [0.4, 0.5) is 5.69 Å². The van der Waals surface area contributed by atoms with Crippen molar-refractivity contribution in [3.63, 3.8) is 0 Å². The zero-order valence-corrected chi connectivity index (χ0v) is 22.8. The first-order chi connectivity index (χ1) is 18.8. The Hall–Kier alpha value is -3.74. The molecule has 0 atom stereocenters. The summed E-state index contributed by atoms with van der Waals surface area (Å²) >= 11 is 0. The molecule has 5 rings (SSSR count). The van der Waals surface area contributed by atoms with E-state index in [0.29, 0.717) is 6.04 Å². The molecule has 0 saturated carbocycles. The van der Waals surface area contributed by atoms with Gasteiger partial charge >= 0.3 is 5.97 Å². The lowest BCUT2D eigenvalue weighted by Gasteiger charge is -2.40. The molecule has 6 heteroatoms. The number of aromatic carboxylic acids is 1. The van der Waals surface area contributed by atoms with Crippen molar-refractivity contribution in [3.8, 4) is 11.1 Å². The number of hydrogen-bond donors (Lipinski definition) is 2. The Morgan fingerprint density at radius 2 is 1.62 bits per heavy atom. The van der Waals surface area contributed by atoms with Gasteiger partial charge in [-0.15, -0.1) is 0 Å². The average molecular weight is 526 g/mol. The van der Waals surface area contributed by atoms with Crippen molar-refractivity contribution < 1.29 is 23.9 Å². The summed E-state index contributed by atoms with van der Waals surface area (Å²) in [4.78, 5) is 24.4. The fourth-order valence-electron chi connectivity index (χ4n) is 5.74. The van der Waals surface area contributed by atoms with Crippen molar-refractivity contribution in [1.82, 2.24) is 0 Å². The Balaban J connectivity index is 1.28. The summed E-state index contributed by atoms with van der Waals surface area (Å²) in [5, 5.41) is 12.3. The Kier molecular flexibility index (Phi) is 7.96. The number of hydrogen-bond acceptors (Lipinski definition) is 3. The molecule has 1 fully saturated rings. The number of rotatable bonds is 7. The number of carboxylic acids is 1. The smallest absolute Gasteiger partial charge is 0.335 e. The van der Waals surface area contributed by atoms with Crippen molar-refractivity contribution in [1.29, 1.82) is 0 Å². The average Bonchev–Trinajstić information content (AvgIpc) is 3.17. The number of aryl methyl sites for hydroxylation is 1. The fraction of sp³-hybridized carbons (Fsp3) is 0.333. The minimum atomic E-state index is -0.935.